The molecule has 0 N–H and O–H groups in total. The van der Waals surface area contributed by atoms with Crippen molar-refractivity contribution in [2.75, 3.05) is 32.7 Å². The zero-order chi connectivity index (χ0) is 31.4. The van der Waals surface area contributed by atoms with E-state index in [9.17, 15) is 19.2 Å². The average Bonchev–Trinajstić information content (AvgIpc) is 3.71. The summed E-state index contributed by atoms with van der Waals surface area (Å²) in [5, 5.41) is 0.654. The van der Waals surface area contributed by atoms with Crippen molar-refractivity contribution in [2.45, 2.75) is 27.8 Å². The smallest absolute Gasteiger partial charge is 0.379 e. The molecule has 3 aromatic carbocycles. The highest BCUT2D eigenvalue weighted by Gasteiger charge is 2.80. The van der Waals surface area contributed by atoms with Gasteiger partial charge in [-0.15, -0.1) is 0 Å². The number of anilines is 1. The summed E-state index contributed by atoms with van der Waals surface area (Å²) in [6.45, 7) is 0.391. The van der Waals surface area contributed by atoms with Gasteiger partial charge in [0.15, 0.2) is 0 Å². The van der Waals surface area contributed by atoms with E-state index in [0.717, 1.165) is 30.0 Å². The van der Waals surface area contributed by atoms with Crippen LogP contribution in [0.5, 0.6) is 0 Å². The molecule has 1 aromatic heterocycles. The van der Waals surface area contributed by atoms with Crippen molar-refractivity contribution in [3.8, 4) is 0 Å². The van der Waals surface area contributed by atoms with Gasteiger partial charge in [-0.2, -0.15) is 0 Å². The fraction of sp³-hybridized carbons (Fsp3) is 0.265. The molecule has 4 aliphatic heterocycles. The number of hydrogen-bond donors (Lipinski definition) is 0. The number of carbonyl (C=O) groups is 5. The monoisotopic (exact) mass is 621 g/mol. The van der Waals surface area contributed by atoms with E-state index >= 15 is 4.79 Å². The van der Waals surface area contributed by atoms with E-state index in [-0.39, 0.29) is 16.5 Å². The second-order valence-electron chi connectivity index (χ2n) is 11.7. The minimum absolute atomic E-state index is 0.0307. The highest BCUT2D eigenvalue weighted by atomic mass is 32.2. The summed E-state index contributed by atoms with van der Waals surface area (Å²) >= 11 is 1.07. The first kappa shape index (κ1) is 27.8. The number of hydrogen-bond acceptors (Lipinski definition) is 9. The van der Waals surface area contributed by atoms with Crippen LogP contribution in [0.1, 0.15) is 37.9 Å². The standard InChI is InChI=1S/C34H27N3O7S/c1-35-23-15-9-7-13-21(23)33(31(35)41)26(30(40)44-3)34(27-19-11-5-4-10-18(19)16-17-36(27)33)32(42)37-22-14-8-6-12-20(22)24(28(37)45-34)25(38)29(39)43-2/h4-15,26-27H,16-17H2,1-3H3/t26-,27-,33+,34-/m0/s1. The number of nitrogens with zero attached hydrogens (tertiary/aromatic N) is 3. The van der Waals surface area contributed by atoms with Gasteiger partial charge in [0.1, 0.15) is 16.2 Å². The van der Waals surface area contributed by atoms with E-state index in [1.54, 1.807) is 36.2 Å². The minimum Gasteiger partial charge on any atom is -0.469 e. The molecule has 0 aliphatic carbocycles. The van der Waals surface area contributed by atoms with Gasteiger partial charge in [-0.05, 0) is 29.7 Å². The van der Waals surface area contributed by atoms with Crippen LogP contribution in [0.4, 0.5) is 5.69 Å². The maximum absolute atomic E-state index is 15.4. The number of para-hydroxylation sites is 2. The number of fused-ring (bicyclic) bond motifs is 10. The number of likely N-dealkylation sites (N-methyl/N-ethyl adjacent to an activating group) is 1. The molecule has 1 amide bonds. The molecule has 5 heterocycles. The Labute approximate surface area is 261 Å². The third kappa shape index (κ3) is 3.12. The Hall–Kier alpha value is -4.74. The third-order valence-corrected chi connectivity index (χ3v) is 11.5. The van der Waals surface area contributed by atoms with Gasteiger partial charge in [0.05, 0.1) is 36.4 Å². The SMILES string of the molecule is COC(=O)C(=O)c1c2n(c3ccccc13)C(=O)[C@@]1(S2)[C@@H]2c3ccccc3CCN2[C@@]2(C(=O)N(C)c3ccccc32)[C@@H]1C(=O)OC. The van der Waals surface area contributed by atoms with Crippen LogP contribution in [0.15, 0.2) is 77.8 Å². The molecule has 4 aromatic rings. The fourth-order valence-electron chi connectivity index (χ4n) is 8.29. The summed E-state index contributed by atoms with van der Waals surface area (Å²) in [7, 11) is 4.06. The zero-order valence-corrected chi connectivity index (χ0v) is 25.4. The molecule has 45 heavy (non-hydrogen) atoms. The molecule has 10 nitrogen and oxygen atoms in total. The molecule has 11 heteroatoms. The first-order valence-corrected chi connectivity index (χ1v) is 15.4. The summed E-state index contributed by atoms with van der Waals surface area (Å²) in [6, 6.07) is 21.2. The molecule has 8 rings (SSSR count). The summed E-state index contributed by atoms with van der Waals surface area (Å²) in [5.41, 5.74) is 1.97. The topological polar surface area (TPSA) is 115 Å². The van der Waals surface area contributed by atoms with Crippen LogP contribution < -0.4 is 4.90 Å². The number of methoxy groups -OCH3 is 2. The van der Waals surface area contributed by atoms with Crippen LogP contribution in [-0.4, -0.2) is 71.6 Å². The number of amides is 1. The summed E-state index contributed by atoms with van der Waals surface area (Å²) < 4.78 is 10.1. The molecule has 2 spiro atoms. The molecule has 226 valence electrons. The van der Waals surface area contributed by atoms with Gasteiger partial charge in [-0.3, -0.25) is 28.6 Å². The van der Waals surface area contributed by atoms with E-state index in [1.807, 2.05) is 53.4 Å². The number of benzene rings is 3. The third-order valence-electron chi connectivity index (χ3n) is 9.96. The molecule has 0 radical (unpaired) electrons. The van der Waals surface area contributed by atoms with E-state index in [4.69, 9.17) is 9.47 Å². The van der Waals surface area contributed by atoms with Gasteiger partial charge in [0, 0.05) is 30.2 Å². The molecule has 1 saturated heterocycles. The van der Waals surface area contributed by atoms with Crippen LogP contribution in [0.2, 0.25) is 0 Å². The van der Waals surface area contributed by atoms with Crippen LogP contribution in [0, 0.1) is 5.92 Å². The van der Waals surface area contributed by atoms with Crippen molar-refractivity contribution < 1.29 is 33.4 Å². The fourth-order valence-corrected chi connectivity index (χ4v) is 10.1. The number of ether oxygens (including phenoxy) is 2. The Balaban J connectivity index is 1.49. The molecule has 0 bridgehead atoms. The predicted octanol–water partition coefficient (Wildman–Crippen LogP) is 3.76. The van der Waals surface area contributed by atoms with Gasteiger partial charge in [-0.25, -0.2) is 4.79 Å². The Bertz CT molecular complexity index is 2040. The first-order valence-electron chi connectivity index (χ1n) is 14.5. The van der Waals surface area contributed by atoms with Gasteiger partial charge < -0.3 is 14.4 Å². The average molecular weight is 622 g/mol. The second kappa shape index (κ2) is 9.38. The largest absolute Gasteiger partial charge is 0.469 e. The lowest BCUT2D eigenvalue weighted by molar-refractivity contribution is -0.153. The van der Waals surface area contributed by atoms with E-state index < -0.39 is 45.9 Å². The van der Waals surface area contributed by atoms with Crippen molar-refractivity contribution in [2.24, 2.45) is 5.92 Å². The summed E-state index contributed by atoms with van der Waals surface area (Å²) in [5.74, 6) is -4.78. The maximum atomic E-state index is 15.4. The number of Topliss-reactive ketones (excluding diaryl/α,β-unsaturated/α-hetero) is 1. The Morgan fingerprint density at radius 1 is 0.889 bits per heavy atom. The zero-order valence-electron chi connectivity index (χ0n) is 24.6. The van der Waals surface area contributed by atoms with Crippen LogP contribution in [0.3, 0.4) is 0 Å². The molecule has 1 fully saturated rings. The lowest BCUT2D eigenvalue weighted by Gasteiger charge is -2.42. The van der Waals surface area contributed by atoms with Crippen molar-refractivity contribution in [3.63, 3.8) is 0 Å². The lowest BCUT2D eigenvalue weighted by Crippen LogP contribution is -2.57. The van der Waals surface area contributed by atoms with Gasteiger partial charge in [-0.1, -0.05) is 72.4 Å². The van der Waals surface area contributed by atoms with Crippen molar-refractivity contribution in [1.29, 1.82) is 0 Å². The van der Waals surface area contributed by atoms with Crippen LogP contribution >= 0.6 is 11.8 Å². The van der Waals surface area contributed by atoms with E-state index in [0.29, 0.717) is 35.1 Å². The highest BCUT2D eigenvalue weighted by molar-refractivity contribution is 8.02. The van der Waals surface area contributed by atoms with E-state index in [1.165, 1.54) is 11.7 Å². The quantitative estimate of drug-likeness (QED) is 0.192. The van der Waals surface area contributed by atoms with Crippen LogP contribution in [-0.2, 0) is 35.8 Å². The Morgan fingerprint density at radius 3 is 2.38 bits per heavy atom. The maximum Gasteiger partial charge on any atom is 0.379 e. The minimum atomic E-state index is -1.65. The predicted molar refractivity (Wildman–Crippen MR) is 164 cm³/mol. The second-order valence-corrected chi connectivity index (χ2v) is 13.0. The Kier molecular flexibility index (Phi) is 5.79. The number of thioether (sulfide) groups is 1. The molecule has 4 aliphatic rings. The molecule has 4 atom stereocenters. The highest BCUT2D eigenvalue weighted by Crippen LogP contribution is 2.71. The van der Waals surface area contributed by atoms with E-state index in [2.05, 4.69) is 0 Å². The molecule has 0 saturated carbocycles. The number of carbonyl (C=O) groups excluding carboxylic acids is 5. The van der Waals surface area contributed by atoms with Gasteiger partial charge in [0.25, 0.3) is 17.6 Å². The molecular formula is C34H27N3O7S. The summed E-state index contributed by atoms with van der Waals surface area (Å²) in [4.78, 5) is 74.4. The number of aromatic nitrogens is 1. The lowest BCUT2D eigenvalue weighted by atomic mass is 9.73. The summed E-state index contributed by atoms with van der Waals surface area (Å²) in [6.07, 6.45) is 0.595. The molecule has 0 unspecified atom stereocenters. The normalized spacial score (nSPS) is 26.2. The first-order chi connectivity index (χ1) is 21.7. The molecular weight excluding hydrogens is 594 g/mol. The Morgan fingerprint density at radius 2 is 1.60 bits per heavy atom. The van der Waals surface area contributed by atoms with Gasteiger partial charge in [0.2, 0.25) is 0 Å². The van der Waals surface area contributed by atoms with Crippen molar-refractivity contribution in [1.82, 2.24) is 9.47 Å². The van der Waals surface area contributed by atoms with Crippen LogP contribution in [0.25, 0.3) is 10.9 Å². The van der Waals surface area contributed by atoms with Crippen molar-refractivity contribution in [3.05, 3.63) is 95.1 Å². The van der Waals surface area contributed by atoms with Gasteiger partial charge >= 0.3 is 11.9 Å². The number of ketones is 1. The van der Waals surface area contributed by atoms with Crippen molar-refractivity contribution >= 4 is 57.9 Å². The number of esters is 2. The number of rotatable bonds is 3.